The number of hydrogen-bond acceptors (Lipinski definition) is 2. The molecule has 1 unspecified atom stereocenters. The van der Waals surface area contributed by atoms with Crippen LogP contribution in [0.25, 0.3) is 0 Å². The van der Waals surface area contributed by atoms with Crippen molar-refractivity contribution in [3.05, 3.63) is 52.3 Å². The molecule has 20 heavy (non-hydrogen) atoms. The lowest BCUT2D eigenvalue weighted by molar-refractivity contribution is 0.646. The second-order valence-electron chi connectivity index (χ2n) is 5.52. The summed E-state index contributed by atoms with van der Waals surface area (Å²) in [6.45, 7) is 6.37. The summed E-state index contributed by atoms with van der Waals surface area (Å²) in [5.74, 6) is 0. The van der Waals surface area contributed by atoms with Gasteiger partial charge in [0.25, 0.3) is 0 Å². The molecule has 1 atom stereocenters. The van der Waals surface area contributed by atoms with Crippen LogP contribution in [0, 0.1) is 13.8 Å². The Hall–Kier alpha value is -1.61. The predicted octanol–water partition coefficient (Wildman–Crippen LogP) is 3.23. The zero-order chi connectivity index (χ0) is 14.7. The Labute approximate surface area is 121 Å². The van der Waals surface area contributed by atoms with Crippen molar-refractivity contribution >= 4 is 0 Å². The first kappa shape index (κ1) is 14.8. The van der Waals surface area contributed by atoms with Gasteiger partial charge in [-0.15, -0.1) is 0 Å². The van der Waals surface area contributed by atoms with Crippen LogP contribution in [0.4, 0.5) is 0 Å². The molecule has 108 valence electrons. The van der Waals surface area contributed by atoms with Crippen molar-refractivity contribution in [2.45, 2.75) is 46.1 Å². The first-order valence-corrected chi connectivity index (χ1v) is 7.36. The van der Waals surface area contributed by atoms with Crippen LogP contribution in [-0.2, 0) is 19.9 Å². The fourth-order valence-corrected chi connectivity index (χ4v) is 2.69. The first-order chi connectivity index (χ1) is 9.52. The molecule has 0 aliphatic carbocycles. The van der Waals surface area contributed by atoms with Gasteiger partial charge in [-0.25, -0.2) is 0 Å². The van der Waals surface area contributed by atoms with Crippen LogP contribution in [0.1, 0.15) is 47.5 Å². The molecule has 3 heteroatoms. The van der Waals surface area contributed by atoms with E-state index in [0.29, 0.717) is 0 Å². The molecule has 0 saturated heterocycles. The van der Waals surface area contributed by atoms with E-state index >= 15 is 0 Å². The molecule has 0 aliphatic heterocycles. The number of nitrogens with zero attached hydrogens (tertiary/aromatic N) is 2. The molecule has 0 aliphatic rings. The Balaban J connectivity index is 2.06. The van der Waals surface area contributed by atoms with Gasteiger partial charge in [0.15, 0.2) is 0 Å². The average Bonchev–Trinajstić information content (AvgIpc) is 2.70. The molecule has 0 bridgehead atoms. The van der Waals surface area contributed by atoms with Gasteiger partial charge in [-0.2, -0.15) is 5.10 Å². The largest absolute Gasteiger partial charge is 0.324 e. The van der Waals surface area contributed by atoms with E-state index < -0.39 is 0 Å². The molecule has 3 nitrogen and oxygen atoms in total. The van der Waals surface area contributed by atoms with Crippen LogP contribution >= 0.6 is 0 Å². The Morgan fingerprint density at radius 1 is 1.30 bits per heavy atom. The molecule has 1 heterocycles. The van der Waals surface area contributed by atoms with Gasteiger partial charge in [0.05, 0.1) is 5.69 Å². The molecular formula is C17H25N3. The number of aryl methyl sites for hydroxylation is 3. The van der Waals surface area contributed by atoms with E-state index in [-0.39, 0.29) is 6.04 Å². The van der Waals surface area contributed by atoms with E-state index in [1.165, 1.54) is 22.4 Å². The summed E-state index contributed by atoms with van der Waals surface area (Å²) in [5, 5.41) is 4.46. The van der Waals surface area contributed by atoms with Crippen molar-refractivity contribution in [2.24, 2.45) is 12.8 Å². The molecule has 2 N–H and O–H groups in total. The van der Waals surface area contributed by atoms with Crippen LogP contribution < -0.4 is 5.73 Å². The van der Waals surface area contributed by atoms with E-state index in [4.69, 9.17) is 5.73 Å². The Kier molecular flexibility index (Phi) is 4.61. The molecule has 0 fully saturated rings. The van der Waals surface area contributed by atoms with Gasteiger partial charge in [0.1, 0.15) is 0 Å². The fraction of sp³-hybridized carbons (Fsp3) is 0.471. The van der Waals surface area contributed by atoms with E-state index in [0.717, 1.165) is 25.0 Å². The molecule has 1 aromatic carbocycles. The van der Waals surface area contributed by atoms with Crippen LogP contribution in [0.15, 0.2) is 24.3 Å². The topological polar surface area (TPSA) is 43.8 Å². The molecular weight excluding hydrogens is 246 g/mol. The first-order valence-electron chi connectivity index (χ1n) is 7.36. The predicted molar refractivity (Wildman–Crippen MR) is 83.8 cm³/mol. The molecule has 1 aromatic heterocycles. The van der Waals surface area contributed by atoms with E-state index in [1.807, 2.05) is 11.7 Å². The molecule has 2 aromatic rings. The highest BCUT2D eigenvalue weighted by atomic mass is 15.3. The Bertz CT molecular complexity index is 584. The summed E-state index contributed by atoms with van der Waals surface area (Å²) >= 11 is 0. The maximum Gasteiger partial charge on any atom is 0.0628 e. The SMILES string of the molecule is CCc1cccc(C(N)CCc2c(C)nn(C)c2C)c1. The lowest BCUT2D eigenvalue weighted by atomic mass is 9.97. The van der Waals surface area contributed by atoms with Gasteiger partial charge < -0.3 is 5.73 Å². The third-order valence-electron chi connectivity index (χ3n) is 4.15. The highest BCUT2D eigenvalue weighted by molar-refractivity contribution is 5.28. The van der Waals surface area contributed by atoms with Gasteiger partial charge in [0.2, 0.25) is 0 Å². The van der Waals surface area contributed by atoms with Gasteiger partial charge >= 0.3 is 0 Å². The summed E-state index contributed by atoms with van der Waals surface area (Å²) in [6, 6.07) is 8.72. The summed E-state index contributed by atoms with van der Waals surface area (Å²) < 4.78 is 1.95. The third kappa shape index (κ3) is 3.10. The summed E-state index contributed by atoms with van der Waals surface area (Å²) in [4.78, 5) is 0. The molecule has 0 radical (unpaired) electrons. The van der Waals surface area contributed by atoms with Crippen molar-refractivity contribution in [1.82, 2.24) is 9.78 Å². The average molecular weight is 271 g/mol. The molecule has 0 saturated carbocycles. The van der Waals surface area contributed by atoms with Crippen molar-refractivity contribution in [3.8, 4) is 0 Å². The highest BCUT2D eigenvalue weighted by Gasteiger charge is 2.12. The maximum atomic E-state index is 6.35. The van der Waals surface area contributed by atoms with Crippen molar-refractivity contribution in [2.75, 3.05) is 0 Å². The normalized spacial score (nSPS) is 12.7. The molecule has 0 spiro atoms. The zero-order valence-corrected chi connectivity index (χ0v) is 13.0. The fourth-order valence-electron chi connectivity index (χ4n) is 2.69. The lowest BCUT2D eigenvalue weighted by Crippen LogP contribution is -2.12. The maximum absolute atomic E-state index is 6.35. The van der Waals surface area contributed by atoms with Crippen LogP contribution in [0.2, 0.25) is 0 Å². The summed E-state index contributed by atoms with van der Waals surface area (Å²) in [7, 11) is 2.00. The van der Waals surface area contributed by atoms with E-state index in [1.54, 1.807) is 0 Å². The quantitative estimate of drug-likeness (QED) is 0.907. The Morgan fingerprint density at radius 3 is 2.65 bits per heavy atom. The van der Waals surface area contributed by atoms with Gasteiger partial charge in [0, 0.05) is 18.8 Å². The molecule has 0 amide bonds. The van der Waals surface area contributed by atoms with Gasteiger partial charge in [-0.05, 0) is 49.8 Å². The lowest BCUT2D eigenvalue weighted by Gasteiger charge is -2.13. The number of benzene rings is 1. The van der Waals surface area contributed by atoms with Crippen molar-refractivity contribution in [1.29, 1.82) is 0 Å². The smallest absolute Gasteiger partial charge is 0.0628 e. The monoisotopic (exact) mass is 271 g/mol. The number of hydrogen-bond donors (Lipinski definition) is 1. The zero-order valence-electron chi connectivity index (χ0n) is 13.0. The van der Waals surface area contributed by atoms with E-state index in [2.05, 4.69) is 50.1 Å². The standard InChI is InChI=1S/C17H25N3/c1-5-14-7-6-8-15(11-14)17(18)10-9-16-12(2)19-20(4)13(16)3/h6-8,11,17H,5,9-10,18H2,1-4H3. The minimum atomic E-state index is 0.0977. The second kappa shape index (κ2) is 6.23. The number of nitrogens with two attached hydrogens (primary N) is 1. The highest BCUT2D eigenvalue weighted by Crippen LogP contribution is 2.21. The van der Waals surface area contributed by atoms with Crippen LogP contribution in [0.3, 0.4) is 0 Å². The van der Waals surface area contributed by atoms with Gasteiger partial charge in [-0.3, -0.25) is 4.68 Å². The third-order valence-corrected chi connectivity index (χ3v) is 4.15. The van der Waals surface area contributed by atoms with Gasteiger partial charge in [-0.1, -0.05) is 31.2 Å². The minimum absolute atomic E-state index is 0.0977. The van der Waals surface area contributed by atoms with Crippen molar-refractivity contribution < 1.29 is 0 Å². The number of rotatable bonds is 5. The van der Waals surface area contributed by atoms with Crippen molar-refractivity contribution in [3.63, 3.8) is 0 Å². The number of aromatic nitrogens is 2. The molecule has 2 rings (SSSR count). The summed E-state index contributed by atoms with van der Waals surface area (Å²) in [6.07, 6.45) is 3.00. The van der Waals surface area contributed by atoms with E-state index in [9.17, 15) is 0 Å². The Morgan fingerprint density at radius 2 is 2.05 bits per heavy atom. The van der Waals surface area contributed by atoms with Crippen LogP contribution in [-0.4, -0.2) is 9.78 Å². The summed E-state index contributed by atoms with van der Waals surface area (Å²) in [5.41, 5.74) is 12.7. The second-order valence-corrected chi connectivity index (χ2v) is 5.52. The van der Waals surface area contributed by atoms with Crippen LogP contribution in [0.5, 0.6) is 0 Å². The minimum Gasteiger partial charge on any atom is -0.324 e.